The van der Waals surface area contributed by atoms with Gasteiger partial charge in [-0.25, -0.2) is 4.39 Å². The van der Waals surface area contributed by atoms with Gasteiger partial charge in [0.25, 0.3) is 0 Å². The molecule has 1 aromatic rings. The largest absolute Gasteiger partial charge is 0.506 e. The quantitative estimate of drug-likeness (QED) is 0.795. The van der Waals surface area contributed by atoms with Crippen molar-refractivity contribution in [2.75, 3.05) is 0 Å². The summed E-state index contributed by atoms with van der Waals surface area (Å²) in [5.41, 5.74) is 6.04. The van der Waals surface area contributed by atoms with Crippen molar-refractivity contribution in [1.82, 2.24) is 0 Å². The molecular formula is C12H15ClFNO. The van der Waals surface area contributed by atoms with Gasteiger partial charge >= 0.3 is 0 Å². The first kappa shape index (κ1) is 11.7. The van der Waals surface area contributed by atoms with E-state index in [-0.39, 0.29) is 10.8 Å². The number of aromatic hydroxyl groups is 1. The Bertz CT molecular complexity index is 402. The van der Waals surface area contributed by atoms with E-state index in [0.29, 0.717) is 5.56 Å². The summed E-state index contributed by atoms with van der Waals surface area (Å²) in [6, 6.07) is 2.40. The van der Waals surface area contributed by atoms with Gasteiger partial charge in [0.15, 0.2) is 0 Å². The van der Waals surface area contributed by atoms with Gasteiger partial charge in [-0.15, -0.1) is 0 Å². The Morgan fingerprint density at radius 3 is 2.50 bits per heavy atom. The van der Waals surface area contributed by atoms with Crippen molar-refractivity contribution in [2.24, 2.45) is 5.73 Å². The Balaban J connectivity index is 2.45. The maximum absolute atomic E-state index is 13.3. The highest BCUT2D eigenvalue weighted by Gasteiger charge is 2.32. The molecule has 1 aliphatic rings. The number of benzene rings is 1. The van der Waals surface area contributed by atoms with Crippen LogP contribution in [0.2, 0.25) is 5.02 Å². The van der Waals surface area contributed by atoms with Gasteiger partial charge in [0, 0.05) is 11.1 Å². The van der Waals surface area contributed by atoms with Crippen LogP contribution in [0.5, 0.6) is 5.75 Å². The molecule has 88 valence electrons. The molecule has 0 heterocycles. The lowest BCUT2D eigenvalue weighted by atomic mass is 9.77. The smallest absolute Gasteiger partial charge is 0.139 e. The van der Waals surface area contributed by atoms with Crippen LogP contribution >= 0.6 is 11.6 Å². The summed E-state index contributed by atoms with van der Waals surface area (Å²) in [4.78, 5) is 0. The van der Waals surface area contributed by atoms with Gasteiger partial charge in [-0.3, -0.25) is 0 Å². The Kier molecular flexibility index (Phi) is 3.08. The second-order valence-corrected chi connectivity index (χ2v) is 4.91. The van der Waals surface area contributed by atoms with Gasteiger partial charge in [-0.05, 0) is 25.0 Å². The van der Waals surface area contributed by atoms with Crippen LogP contribution in [0.25, 0.3) is 0 Å². The fraction of sp³-hybridized carbons (Fsp3) is 0.500. The topological polar surface area (TPSA) is 46.2 Å². The molecule has 2 rings (SSSR count). The van der Waals surface area contributed by atoms with Crippen molar-refractivity contribution in [1.29, 1.82) is 0 Å². The third kappa shape index (κ3) is 2.02. The van der Waals surface area contributed by atoms with Crippen molar-refractivity contribution < 1.29 is 9.50 Å². The molecule has 0 aliphatic heterocycles. The van der Waals surface area contributed by atoms with Gasteiger partial charge in [0.2, 0.25) is 0 Å². The molecule has 0 radical (unpaired) electrons. The molecule has 0 amide bonds. The molecule has 16 heavy (non-hydrogen) atoms. The van der Waals surface area contributed by atoms with Crippen LogP contribution in [0, 0.1) is 5.82 Å². The summed E-state index contributed by atoms with van der Waals surface area (Å²) in [6.07, 6.45) is 4.68. The van der Waals surface area contributed by atoms with Crippen molar-refractivity contribution in [3.8, 4) is 5.75 Å². The molecule has 0 unspecified atom stereocenters. The number of halogens is 2. The highest BCUT2D eigenvalue weighted by atomic mass is 35.5. The minimum atomic E-state index is -0.631. The molecule has 0 aromatic heterocycles. The molecular weight excluding hydrogens is 229 g/mol. The van der Waals surface area contributed by atoms with Crippen molar-refractivity contribution >= 4 is 11.6 Å². The van der Waals surface area contributed by atoms with E-state index in [4.69, 9.17) is 17.3 Å². The second kappa shape index (κ2) is 4.22. The van der Waals surface area contributed by atoms with E-state index in [1.54, 1.807) is 0 Å². The van der Waals surface area contributed by atoms with Crippen LogP contribution in [0.3, 0.4) is 0 Å². The SMILES string of the molecule is NC1(c2cc(F)cc(Cl)c2O)CCCCC1. The lowest BCUT2D eigenvalue weighted by Crippen LogP contribution is -2.38. The summed E-state index contributed by atoms with van der Waals surface area (Å²) < 4.78 is 13.3. The Morgan fingerprint density at radius 2 is 1.88 bits per heavy atom. The summed E-state index contributed by atoms with van der Waals surface area (Å²) in [7, 11) is 0. The van der Waals surface area contributed by atoms with Gasteiger partial charge in [-0.1, -0.05) is 30.9 Å². The first-order valence-corrected chi connectivity index (χ1v) is 5.88. The number of rotatable bonds is 1. The molecule has 0 atom stereocenters. The first-order valence-electron chi connectivity index (χ1n) is 5.50. The molecule has 1 aliphatic carbocycles. The Labute approximate surface area is 99.2 Å². The van der Waals surface area contributed by atoms with Gasteiger partial charge in [-0.2, -0.15) is 0 Å². The van der Waals surface area contributed by atoms with E-state index in [2.05, 4.69) is 0 Å². The Morgan fingerprint density at radius 1 is 1.25 bits per heavy atom. The zero-order valence-corrected chi connectivity index (χ0v) is 9.73. The fourth-order valence-electron chi connectivity index (χ4n) is 2.40. The predicted octanol–water partition coefficient (Wildman–Crippen LogP) is 3.30. The van der Waals surface area contributed by atoms with Gasteiger partial charge in [0.05, 0.1) is 5.02 Å². The normalized spacial score (nSPS) is 19.7. The highest BCUT2D eigenvalue weighted by Crippen LogP contribution is 2.41. The zero-order valence-electron chi connectivity index (χ0n) is 8.97. The molecule has 0 saturated heterocycles. The summed E-state index contributed by atoms with van der Waals surface area (Å²) in [5, 5.41) is 9.89. The number of phenolic OH excluding ortho intramolecular Hbond substituents is 1. The molecule has 1 fully saturated rings. The van der Waals surface area contributed by atoms with E-state index < -0.39 is 11.4 Å². The lowest BCUT2D eigenvalue weighted by Gasteiger charge is -2.34. The van der Waals surface area contributed by atoms with Gasteiger partial charge in [0.1, 0.15) is 11.6 Å². The summed E-state index contributed by atoms with van der Waals surface area (Å²) in [6.45, 7) is 0. The molecule has 3 N–H and O–H groups in total. The third-order valence-electron chi connectivity index (χ3n) is 3.31. The first-order chi connectivity index (χ1) is 7.53. The lowest BCUT2D eigenvalue weighted by molar-refractivity contribution is 0.291. The highest BCUT2D eigenvalue weighted by molar-refractivity contribution is 6.32. The van der Waals surface area contributed by atoms with Crippen LogP contribution in [0.15, 0.2) is 12.1 Å². The molecule has 2 nitrogen and oxygen atoms in total. The molecule has 0 bridgehead atoms. The number of nitrogens with two attached hydrogens (primary N) is 1. The third-order valence-corrected chi connectivity index (χ3v) is 3.60. The summed E-state index contributed by atoms with van der Waals surface area (Å²) in [5.74, 6) is -0.527. The Hall–Kier alpha value is -0.800. The maximum atomic E-state index is 13.3. The number of hydrogen-bond acceptors (Lipinski definition) is 2. The number of hydrogen-bond donors (Lipinski definition) is 2. The molecule has 4 heteroatoms. The maximum Gasteiger partial charge on any atom is 0.139 e. The standard InChI is InChI=1S/C12H15ClFNO/c13-10-7-8(14)6-9(11(10)16)12(15)4-2-1-3-5-12/h6-7,16H,1-5,15H2. The van der Waals surface area contributed by atoms with E-state index in [1.165, 1.54) is 6.07 Å². The molecule has 1 saturated carbocycles. The van der Waals surface area contributed by atoms with Crippen molar-refractivity contribution in [3.63, 3.8) is 0 Å². The van der Waals surface area contributed by atoms with E-state index in [1.807, 2.05) is 0 Å². The molecule has 1 aromatic carbocycles. The molecule has 0 spiro atoms. The van der Waals surface area contributed by atoms with Crippen molar-refractivity contribution in [2.45, 2.75) is 37.6 Å². The average molecular weight is 244 g/mol. The van der Waals surface area contributed by atoms with Crippen LogP contribution in [-0.2, 0) is 5.54 Å². The van der Waals surface area contributed by atoms with Crippen LogP contribution in [0.4, 0.5) is 4.39 Å². The monoisotopic (exact) mass is 243 g/mol. The van der Waals surface area contributed by atoms with Crippen molar-refractivity contribution in [3.05, 3.63) is 28.5 Å². The zero-order chi connectivity index (χ0) is 11.8. The van der Waals surface area contributed by atoms with E-state index in [9.17, 15) is 9.50 Å². The second-order valence-electron chi connectivity index (χ2n) is 4.50. The van der Waals surface area contributed by atoms with Crippen LogP contribution in [0.1, 0.15) is 37.7 Å². The van der Waals surface area contributed by atoms with E-state index in [0.717, 1.165) is 38.2 Å². The average Bonchev–Trinajstić information content (AvgIpc) is 2.24. The fourth-order valence-corrected chi connectivity index (χ4v) is 2.60. The summed E-state index contributed by atoms with van der Waals surface area (Å²) >= 11 is 5.75. The van der Waals surface area contributed by atoms with E-state index >= 15 is 0 Å². The number of phenols is 1. The van der Waals surface area contributed by atoms with Crippen LogP contribution in [-0.4, -0.2) is 5.11 Å². The minimum Gasteiger partial charge on any atom is -0.506 e. The van der Waals surface area contributed by atoms with Gasteiger partial charge < -0.3 is 10.8 Å². The minimum absolute atomic E-state index is 0.0328. The predicted molar refractivity (Wildman–Crippen MR) is 62.0 cm³/mol. The van der Waals surface area contributed by atoms with Crippen LogP contribution < -0.4 is 5.73 Å².